The first-order chi connectivity index (χ1) is 14.3. The highest BCUT2D eigenvalue weighted by Crippen LogP contribution is 2.38. The predicted molar refractivity (Wildman–Crippen MR) is 119 cm³/mol. The number of hydrogen-bond acceptors (Lipinski definition) is 3. The van der Waals surface area contributed by atoms with Gasteiger partial charge in [-0.05, 0) is 47.6 Å². The minimum atomic E-state index is -0.327. The average Bonchev–Trinajstić information content (AvgIpc) is 2.92. The quantitative estimate of drug-likeness (QED) is 0.697. The lowest BCUT2D eigenvalue weighted by molar-refractivity contribution is 0.150. The van der Waals surface area contributed by atoms with Crippen LogP contribution in [0.3, 0.4) is 0 Å². The number of amides is 1. The van der Waals surface area contributed by atoms with Crippen LogP contribution in [0, 0.1) is 0 Å². The monoisotopic (exact) mass is 388 g/mol. The standard InChI is InChI=1S/C25H28N2O2/c1-2-29-25(28)26-15-18-27-16-13-21(14-17-27)24-22-9-5-3-7-19(22)11-12-20-8-4-6-10-23(20)24/h3-12H,2,13-18H2,1H3,(H,26,28). The fourth-order valence-corrected chi connectivity index (χ4v) is 4.24. The first-order valence-electron chi connectivity index (χ1n) is 10.5. The lowest BCUT2D eigenvalue weighted by atomic mass is 9.86. The zero-order valence-corrected chi connectivity index (χ0v) is 17.0. The summed E-state index contributed by atoms with van der Waals surface area (Å²) in [6.45, 7) is 5.74. The number of nitrogens with zero attached hydrogens (tertiary/aromatic N) is 1. The maximum absolute atomic E-state index is 11.4. The van der Waals surface area contributed by atoms with Crippen LogP contribution in [-0.2, 0) is 4.74 Å². The third-order valence-corrected chi connectivity index (χ3v) is 5.69. The number of likely N-dealkylation sites (tertiary alicyclic amines) is 1. The van der Waals surface area contributed by atoms with Crippen molar-refractivity contribution < 1.29 is 9.53 Å². The second kappa shape index (κ2) is 9.10. The zero-order chi connectivity index (χ0) is 20.1. The van der Waals surface area contributed by atoms with Gasteiger partial charge >= 0.3 is 6.09 Å². The second-order valence-electron chi connectivity index (χ2n) is 7.48. The van der Waals surface area contributed by atoms with Crippen LogP contribution in [0.15, 0.2) is 54.1 Å². The Morgan fingerprint density at radius 1 is 0.966 bits per heavy atom. The molecule has 0 unspecified atom stereocenters. The molecule has 2 aromatic rings. The molecule has 0 atom stereocenters. The van der Waals surface area contributed by atoms with Gasteiger partial charge in [0.15, 0.2) is 0 Å². The molecule has 150 valence electrons. The minimum Gasteiger partial charge on any atom is -0.450 e. The Morgan fingerprint density at radius 2 is 1.55 bits per heavy atom. The van der Waals surface area contributed by atoms with Gasteiger partial charge in [-0.1, -0.05) is 66.3 Å². The lowest BCUT2D eigenvalue weighted by Gasteiger charge is -2.30. The fraction of sp³-hybridized carbons (Fsp3) is 0.320. The Hall–Kier alpha value is -2.85. The van der Waals surface area contributed by atoms with Crippen LogP contribution in [0.25, 0.3) is 17.7 Å². The van der Waals surface area contributed by atoms with E-state index in [9.17, 15) is 4.79 Å². The second-order valence-corrected chi connectivity index (χ2v) is 7.48. The minimum absolute atomic E-state index is 0.327. The van der Waals surface area contributed by atoms with Crippen molar-refractivity contribution in [2.24, 2.45) is 0 Å². The van der Waals surface area contributed by atoms with Gasteiger partial charge < -0.3 is 15.0 Å². The van der Waals surface area contributed by atoms with Crippen LogP contribution in [0.1, 0.15) is 42.0 Å². The summed E-state index contributed by atoms with van der Waals surface area (Å²) in [5.41, 5.74) is 8.18. The normalized spacial score (nSPS) is 16.0. The number of alkyl carbamates (subject to hydrolysis) is 1. The van der Waals surface area contributed by atoms with Crippen LogP contribution >= 0.6 is 0 Å². The van der Waals surface area contributed by atoms with Crippen LogP contribution in [0.5, 0.6) is 0 Å². The summed E-state index contributed by atoms with van der Waals surface area (Å²) in [5.74, 6) is 0. The summed E-state index contributed by atoms with van der Waals surface area (Å²) in [7, 11) is 0. The topological polar surface area (TPSA) is 41.6 Å². The number of fused-ring (bicyclic) bond motifs is 2. The Labute approximate surface area is 172 Å². The predicted octanol–water partition coefficient (Wildman–Crippen LogP) is 4.81. The summed E-state index contributed by atoms with van der Waals surface area (Å²) >= 11 is 0. The van der Waals surface area contributed by atoms with Crippen molar-refractivity contribution in [1.29, 1.82) is 0 Å². The van der Waals surface area contributed by atoms with Crippen LogP contribution in [0.4, 0.5) is 4.79 Å². The van der Waals surface area contributed by atoms with Crippen molar-refractivity contribution in [1.82, 2.24) is 10.2 Å². The molecule has 0 aromatic heterocycles. The first kappa shape index (κ1) is 19.5. The molecule has 1 aliphatic heterocycles. The summed E-state index contributed by atoms with van der Waals surface area (Å²) in [4.78, 5) is 13.9. The van der Waals surface area contributed by atoms with E-state index >= 15 is 0 Å². The fourth-order valence-electron chi connectivity index (χ4n) is 4.24. The molecule has 4 heteroatoms. The van der Waals surface area contributed by atoms with E-state index in [0.717, 1.165) is 32.5 Å². The Balaban J connectivity index is 1.52. The largest absolute Gasteiger partial charge is 0.450 e. The van der Waals surface area contributed by atoms with Crippen molar-refractivity contribution in [2.45, 2.75) is 19.8 Å². The van der Waals surface area contributed by atoms with Gasteiger partial charge in [0.25, 0.3) is 0 Å². The van der Waals surface area contributed by atoms with E-state index in [4.69, 9.17) is 4.74 Å². The number of nitrogens with one attached hydrogen (secondary N) is 1. The van der Waals surface area contributed by atoms with Crippen molar-refractivity contribution in [3.05, 3.63) is 76.4 Å². The summed E-state index contributed by atoms with van der Waals surface area (Å²) in [6.07, 6.45) is 6.25. The zero-order valence-electron chi connectivity index (χ0n) is 17.0. The van der Waals surface area contributed by atoms with Crippen molar-refractivity contribution in [3.63, 3.8) is 0 Å². The molecule has 4 nitrogen and oxygen atoms in total. The molecule has 1 fully saturated rings. The highest BCUT2D eigenvalue weighted by molar-refractivity contribution is 5.94. The van der Waals surface area contributed by atoms with Crippen molar-refractivity contribution in [2.75, 3.05) is 32.8 Å². The van der Waals surface area contributed by atoms with Gasteiger partial charge in [-0.15, -0.1) is 0 Å². The van der Waals surface area contributed by atoms with Gasteiger partial charge in [0, 0.05) is 26.2 Å². The lowest BCUT2D eigenvalue weighted by Crippen LogP contribution is -2.38. The SMILES string of the molecule is CCOC(=O)NCCN1CCC(=C2c3ccccc3C=Cc3ccccc32)CC1. The average molecular weight is 389 g/mol. The van der Waals surface area contributed by atoms with Crippen LogP contribution in [0.2, 0.25) is 0 Å². The first-order valence-corrected chi connectivity index (χ1v) is 10.5. The third-order valence-electron chi connectivity index (χ3n) is 5.69. The number of rotatable bonds is 4. The maximum Gasteiger partial charge on any atom is 0.407 e. The Bertz CT molecular complexity index is 884. The highest BCUT2D eigenvalue weighted by atomic mass is 16.5. The molecule has 0 radical (unpaired) electrons. The Morgan fingerprint density at radius 3 is 2.14 bits per heavy atom. The maximum atomic E-state index is 11.4. The van der Waals surface area contributed by atoms with E-state index in [0.29, 0.717) is 13.2 Å². The molecule has 29 heavy (non-hydrogen) atoms. The number of carbonyl (C=O) groups is 1. The molecule has 0 saturated carbocycles. The van der Waals surface area contributed by atoms with E-state index in [1.807, 2.05) is 6.92 Å². The van der Waals surface area contributed by atoms with E-state index in [2.05, 4.69) is 70.9 Å². The van der Waals surface area contributed by atoms with Crippen LogP contribution in [-0.4, -0.2) is 43.8 Å². The molecular formula is C25H28N2O2. The summed E-state index contributed by atoms with van der Waals surface area (Å²) < 4.78 is 4.92. The molecule has 1 amide bonds. The molecule has 4 rings (SSSR count). The summed E-state index contributed by atoms with van der Waals surface area (Å²) in [5, 5.41) is 2.82. The molecule has 2 aromatic carbocycles. The van der Waals surface area contributed by atoms with Gasteiger partial charge in [-0.2, -0.15) is 0 Å². The molecular weight excluding hydrogens is 360 g/mol. The Kier molecular flexibility index (Phi) is 6.11. The van der Waals surface area contributed by atoms with Gasteiger partial charge in [0.1, 0.15) is 0 Å². The number of ether oxygens (including phenoxy) is 1. The molecule has 2 aliphatic rings. The molecule has 1 N–H and O–H groups in total. The van der Waals surface area contributed by atoms with E-state index in [1.165, 1.54) is 33.4 Å². The van der Waals surface area contributed by atoms with E-state index in [1.54, 1.807) is 0 Å². The number of benzene rings is 2. The van der Waals surface area contributed by atoms with Gasteiger partial charge in [0.2, 0.25) is 0 Å². The van der Waals surface area contributed by atoms with Gasteiger partial charge in [-0.25, -0.2) is 4.79 Å². The van der Waals surface area contributed by atoms with Crippen molar-refractivity contribution >= 4 is 23.8 Å². The van der Waals surface area contributed by atoms with Crippen molar-refractivity contribution in [3.8, 4) is 0 Å². The molecule has 1 heterocycles. The number of hydrogen-bond donors (Lipinski definition) is 1. The number of piperidine rings is 1. The third kappa shape index (κ3) is 4.43. The summed E-state index contributed by atoms with van der Waals surface area (Å²) in [6, 6.07) is 17.4. The van der Waals surface area contributed by atoms with Gasteiger partial charge in [-0.3, -0.25) is 0 Å². The molecule has 1 aliphatic carbocycles. The van der Waals surface area contributed by atoms with E-state index in [-0.39, 0.29) is 6.09 Å². The highest BCUT2D eigenvalue weighted by Gasteiger charge is 2.22. The molecule has 1 saturated heterocycles. The van der Waals surface area contributed by atoms with E-state index < -0.39 is 0 Å². The molecule has 0 spiro atoms. The smallest absolute Gasteiger partial charge is 0.407 e. The van der Waals surface area contributed by atoms with Gasteiger partial charge in [0.05, 0.1) is 6.61 Å². The number of carbonyl (C=O) groups excluding carboxylic acids is 1. The van der Waals surface area contributed by atoms with Crippen LogP contribution < -0.4 is 5.32 Å². The molecule has 0 bridgehead atoms.